The Morgan fingerprint density at radius 3 is 2.35 bits per heavy atom. The molecule has 0 saturated heterocycles. The van der Waals surface area contributed by atoms with Crippen LogP contribution >= 0.6 is 11.8 Å². The van der Waals surface area contributed by atoms with E-state index in [4.69, 9.17) is 0 Å². The number of carbonyl (C=O) groups is 1. The van der Waals surface area contributed by atoms with Gasteiger partial charge in [0.25, 0.3) is 0 Å². The van der Waals surface area contributed by atoms with Crippen LogP contribution < -0.4 is 5.32 Å². The number of hydrogen-bond acceptors (Lipinski definition) is 3. The van der Waals surface area contributed by atoms with E-state index in [1.807, 2.05) is 60.9 Å². The van der Waals surface area contributed by atoms with Crippen LogP contribution in [0.2, 0.25) is 0 Å². The van der Waals surface area contributed by atoms with Crippen molar-refractivity contribution in [1.82, 2.24) is 0 Å². The summed E-state index contributed by atoms with van der Waals surface area (Å²) in [6.07, 6.45) is 2.03. The van der Waals surface area contributed by atoms with Crippen LogP contribution in [0.3, 0.4) is 0 Å². The Bertz CT molecular complexity index is 554. The number of rotatable bonds is 6. The highest BCUT2D eigenvalue weighted by Crippen LogP contribution is 2.20. The Kier molecular flexibility index (Phi) is 5.07. The van der Waals surface area contributed by atoms with Crippen LogP contribution in [0, 0.1) is 0 Å². The van der Waals surface area contributed by atoms with Crippen molar-refractivity contribution in [1.29, 1.82) is 0 Å². The van der Waals surface area contributed by atoms with Crippen molar-refractivity contribution in [2.75, 3.05) is 18.1 Å². The topological polar surface area (TPSA) is 49.3 Å². The summed E-state index contributed by atoms with van der Waals surface area (Å²) in [6.45, 7) is 0.373. The van der Waals surface area contributed by atoms with Crippen molar-refractivity contribution in [3.63, 3.8) is 0 Å². The third kappa shape index (κ3) is 3.78. The molecule has 0 fully saturated rings. The number of thioether (sulfide) groups is 1. The molecule has 20 heavy (non-hydrogen) atoms. The molecule has 104 valence electrons. The monoisotopic (exact) mass is 287 g/mol. The Labute approximate surface area is 123 Å². The van der Waals surface area contributed by atoms with Gasteiger partial charge in [-0.1, -0.05) is 30.3 Å². The third-order valence-electron chi connectivity index (χ3n) is 3.10. The Hall–Kier alpha value is -1.94. The molecular weight excluding hydrogens is 270 g/mol. The van der Waals surface area contributed by atoms with Crippen LogP contribution in [0.5, 0.6) is 0 Å². The number of benzene rings is 2. The zero-order chi connectivity index (χ0) is 14.4. The van der Waals surface area contributed by atoms with Crippen molar-refractivity contribution >= 4 is 23.4 Å². The zero-order valence-corrected chi connectivity index (χ0v) is 12.1. The second kappa shape index (κ2) is 7.01. The summed E-state index contributed by atoms with van der Waals surface area (Å²) >= 11 is 1.68. The lowest BCUT2D eigenvalue weighted by molar-refractivity contribution is -0.138. The van der Waals surface area contributed by atoms with Crippen molar-refractivity contribution in [3.05, 3.63) is 60.2 Å². The van der Waals surface area contributed by atoms with E-state index in [0.29, 0.717) is 6.54 Å². The minimum absolute atomic E-state index is 0.373. The van der Waals surface area contributed by atoms with Crippen LogP contribution in [0.15, 0.2) is 59.5 Å². The molecule has 0 aliphatic carbocycles. The predicted molar refractivity (Wildman–Crippen MR) is 83.5 cm³/mol. The number of nitrogens with one attached hydrogen (secondary N) is 1. The normalized spacial score (nSPS) is 11.8. The highest BCUT2D eigenvalue weighted by atomic mass is 32.2. The maximum absolute atomic E-state index is 11.4. The molecule has 0 aliphatic rings. The Balaban J connectivity index is 2.04. The third-order valence-corrected chi connectivity index (χ3v) is 3.84. The smallest absolute Gasteiger partial charge is 0.312 e. The zero-order valence-electron chi connectivity index (χ0n) is 11.2. The van der Waals surface area contributed by atoms with Crippen molar-refractivity contribution in [2.24, 2.45) is 0 Å². The summed E-state index contributed by atoms with van der Waals surface area (Å²) in [7, 11) is 0. The van der Waals surface area contributed by atoms with Crippen molar-refractivity contribution < 1.29 is 9.90 Å². The molecule has 0 heterocycles. The van der Waals surface area contributed by atoms with Gasteiger partial charge in [0.05, 0.1) is 5.92 Å². The SMILES string of the molecule is CSc1ccc(NCC(C(=O)O)c2ccccc2)cc1. The first-order valence-corrected chi connectivity index (χ1v) is 7.59. The van der Waals surface area contributed by atoms with Gasteiger partial charge in [0.15, 0.2) is 0 Å². The fraction of sp³-hybridized carbons (Fsp3) is 0.188. The number of carboxylic acids is 1. The molecule has 2 aromatic rings. The van der Waals surface area contributed by atoms with Gasteiger partial charge in [-0.15, -0.1) is 11.8 Å². The summed E-state index contributed by atoms with van der Waals surface area (Å²) in [6, 6.07) is 17.3. The van der Waals surface area contributed by atoms with Gasteiger partial charge < -0.3 is 10.4 Å². The van der Waals surface area contributed by atoms with Gasteiger partial charge in [0.2, 0.25) is 0 Å². The largest absolute Gasteiger partial charge is 0.481 e. The molecule has 1 atom stereocenters. The number of hydrogen-bond donors (Lipinski definition) is 2. The quantitative estimate of drug-likeness (QED) is 0.796. The number of carboxylic acid groups (broad SMARTS) is 1. The van der Waals surface area contributed by atoms with Gasteiger partial charge in [-0.05, 0) is 36.1 Å². The summed E-state index contributed by atoms with van der Waals surface area (Å²) in [5, 5.41) is 12.5. The molecule has 0 amide bonds. The van der Waals surface area contributed by atoms with Crippen LogP contribution in [-0.2, 0) is 4.79 Å². The van der Waals surface area contributed by atoms with Crippen molar-refractivity contribution in [3.8, 4) is 0 Å². The maximum atomic E-state index is 11.4. The van der Waals surface area contributed by atoms with Gasteiger partial charge in [-0.3, -0.25) is 4.79 Å². The molecule has 0 aromatic heterocycles. The van der Waals surface area contributed by atoms with Gasteiger partial charge in [0, 0.05) is 17.1 Å². The second-order valence-corrected chi connectivity index (χ2v) is 5.29. The highest BCUT2D eigenvalue weighted by molar-refractivity contribution is 7.98. The van der Waals surface area contributed by atoms with E-state index in [1.165, 1.54) is 4.90 Å². The molecule has 0 radical (unpaired) electrons. The molecule has 0 aliphatic heterocycles. The average Bonchev–Trinajstić information content (AvgIpc) is 2.49. The summed E-state index contributed by atoms with van der Waals surface area (Å²) in [5.74, 6) is -1.36. The Morgan fingerprint density at radius 2 is 1.80 bits per heavy atom. The van der Waals surface area contributed by atoms with E-state index in [2.05, 4.69) is 5.32 Å². The molecule has 0 saturated carbocycles. The molecule has 3 nitrogen and oxygen atoms in total. The first-order valence-electron chi connectivity index (χ1n) is 6.36. The van der Waals surface area contributed by atoms with Gasteiger partial charge >= 0.3 is 5.97 Å². The van der Waals surface area contributed by atoms with Gasteiger partial charge in [0.1, 0.15) is 0 Å². The van der Waals surface area contributed by atoms with Gasteiger partial charge in [-0.2, -0.15) is 0 Å². The fourth-order valence-corrected chi connectivity index (χ4v) is 2.37. The van der Waals surface area contributed by atoms with E-state index in [9.17, 15) is 9.90 Å². The lowest BCUT2D eigenvalue weighted by Crippen LogP contribution is -2.20. The molecule has 4 heteroatoms. The lowest BCUT2D eigenvalue weighted by atomic mass is 9.99. The minimum atomic E-state index is -0.815. The summed E-state index contributed by atoms with van der Waals surface area (Å²) < 4.78 is 0. The molecule has 0 bridgehead atoms. The van der Waals surface area contributed by atoms with Crippen LogP contribution in [-0.4, -0.2) is 23.9 Å². The summed E-state index contributed by atoms with van der Waals surface area (Å²) in [4.78, 5) is 12.6. The van der Waals surface area contributed by atoms with E-state index in [1.54, 1.807) is 11.8 Å². The first kappa shape index (κ1) is 14.5. The van der Waals surface area contributed by atoms with E-state index in [-0.39, 0.29) is 0 Å². The molecular formula is C16H17NO2S. The average molecular weight is 287 g/mol. The molecule has 2 N–H and O–H groups in total. The number of aliphatic carboxylic acids is 1. The van der Waals surface area contributed by atoms with E-state index in [0.717, 1.165) is 11.3 Å². The maximum Gasteiger partial charge on any atom is 0.312 e. The van der Waals surface area contributed by atoms with Gasteiger partial charge in [-0.25, -0.2) is 0 Å². The fourth-order valence-electron chi connectivity index (χ4n) is 1.96. The van der Waals surface area contributed by atoms with Crippen LogP contribution in [0.25, 0.3) is 0 Å². The minimum Gasteiger partial charge on any atom is -0.481 e. The van der Waals surface area contributed by atoms with Crippen LogP contribution in [0.4, 0.5) is 5.69 Å². The van der Waals surface area contributed by atoms with E-state index < -0.39 is 11.9 Å². The molecule has 2 rings (SSSR count). The lowest BCUT2D eigenvalue weighted by Gasteiger charge is -2.14. The molecule has 2 aromatic carbocycles. The second-order valence-electron chi connectivity index (χ2n) is 4.41. The first-order chi connectivity index (χ1) is 9.70. The predicted octanol–water partition coefficient (Wildman–Crippen LogP) is 3.69. The summed E-state index contributed by atoms with van der Waals surface area (Å²) in [5.41, 5.74) is 1.75. The standard InChI is InChI=1S/C16H17NO2S/c1-20-14-9-7-13(8-10-14)17-11-15(16(18)19)12-5-3-2-4-6-12/h2-10,15,17H,11H2,1H3,(H,18,19). The van der Waals surface area contributed by atoms with Crippen LogP contribution in [0.1, 0.15) is 11.5 Å². The highest BCUT2D eigenvalue weighted by Gasteiger charge is 2.19. The van der Waals surface area contributed by atoms with Crippen molar-refractivity contribution in [2.45, 2.75) is 10.8 Å². The molecule has 1 unspecified atom stereocenters. The Morgan fingerprint density at radius 1 is 1.15 bits per heavy atom. The van der Waals surface area contributed by atoms with E-state index >= 15 is 0 Å². The number of anilines is 1. The molecule has 0 spiro atoms.